The summed E-state index contributed by atoms with van der Waals surface area (Å²) in [5.74, 6) is 0.174. The van der Waals surface area contributed by atoms with Crippen molar-refractivity contribution in [3.05, 3.63) is 35.9 Å². The van der Waals surface area contributed by atoms with Gasteiger partial charge in [0.2, 0.25) is 0 Å². The molecule has 92 valence electrons. The highest BCUT2D eigenvalue weighted by atomic mass is 16.5. The number of benzene rings is 1. The number of rotatable bonds is 3. The van der Waals surface area contributed by atoms with Crippen molar-refractivity contribution in [2.75, 3.05) is 26.7 Å². The fourth-order valence-corrected chi connectivity index (χ4v) is 2.53. The van der Waals surface area contributed by atoms with Gasteiger partial charge in [0.05, 0.1) is 12.5 Å². The van der Waals surface area contributed by atoms with Crippen LogP contribution in [0.5, 0.6) is 0 Å². The highest BCUT2D eigenvalue weighted by Gasteiger charge is 2.37. The third-order valence-corrected chi connectivity index (χ3v) is 3.32. The van der Waals surface area contributed by atoms with Gasteiger partial charge in [-0.2, -0.15) is 0 Å². The summed E-state index contributed by atoms with van der Waals surface area (Å²) in [6.07, 6.45) is 0. The zero-order valence-electron chi connectivity index (χ0n) is 10.4. The Balaban J connectivity index is 2.17. The van der Waals surface area contributed by atoms with Crippen molar-refractivity contribution in [2.45, 2.75) is 12.8 Å². The van der Waals surface area contributed by atoms with Crippen molar-refractivity contribution in [1.82, 2.24) is 4.90 Å². The Morgan fingerprint density at radius 1 is 1.35 bits per heavy atom. The summed E-state index contributed by atoms with van der Waals surface area (Å²) in [4.78, 5) is 14.1. The summed E-state index contributed by atoms with van der Waals surface area (Å²) in [6, 6.07) is 10.2. The molecule has 1 aromatic rings. The summed E-state index contributed by atoms with van der Waals surface area (Å²) >= 11 is 0. The van der Waals surface area contributed by atoms with Crippen LogP contribution in [0.1, 0.15) is 18.4 Å². The van der Waals surface area contributed by atoms with Crippen molar-refractivity contribution in [3.63, 3.8) is 0 Å². The lowest BCUT2D eigenvalue weighted by Crippen LogP contribution is -2.24. The zero-order chi connectivity index (χ0) is 12.3. The first kappa shape index (κ1) is 12.1. The van der Waals surface area contributed by atoms with E-state index in [0.717, 1.165) is 13.1 Å². The van der Waals surface area contributed by atoms with E-state index in [2.05, 4.69) is 24.1 Å². The van der Waals surface area contributed by atoms with Gasteiger partial charge in [-0.3, -0.25) is 4.79 Å². The van der Waals surface area contributed by atoms with Crippen molar-refractivity contribution < 1.29 is 9.53 Å². The number of carbonyl (C=O) groups excluding carboxylic acids is 1. The minimum absolute atomic E-state index is 0.0256. The highest BCUT2D eigenvalue weighted by molar-refractivity contribution is 5.74. The molecule has 0 N–H and O–H groups in total. The van der Waals surface area contributed by atoms with Gasteiger partial charge in [-0.05, 0) is 19.5 Å². The van der Waals surface area contributed by atoms with Crippen LogP contribution in [0.2, 0.25) is 0 Å². The Kier molecular flexibility index (Phi) is 3.79. The molecular formula is C14H19NO2. The lowest BCUT2D eigenvalue weighted by molar-refractivity contribution is -0.147. The minimum Gasteiger partial charge on any atom is -0.466 e. The fraction of sp³-hybridized carbons (Fsp3) is 0.500. The number of hydrogen-bond acceptors (Lipinski definition) is 3. The summed E-state index contributed by atoms with van der Waals surface area (Å²) < 4.78 is 5.16. The standard InChI is InChI=1S/C14H19NO2/c1-3-17-14(16)13-10-15(2)9-12(13)11-7-5-4-6-8-11/h4-8,12-13H,3,9-10H2,1-2H3. The van der Waals surface area contributed by atoms with E-state index in [9.17, 15) is 4.79 Å². The van der Waals surface area contributed by atoms with E-state index in [4.69, 9.17) is 4.74 Å². The SMILES string of the molecule is CCOC(=O)C1CN(C)CC1c1ccccc1. The summed E-state index contributed by atoms with van der Waals surface area (Å²) in [5, 5.41) is 0. The maximum absolute atomic E-state index is 11.9. The van der Waals surface area contributed by atoms with Gasteiger partial charge in [-0.1, -0.05) is 30.3 Å². The van der Waals surface area contributed by atoms with Crippen molar-refractivity contribution in [2.24, 2.45) is 5.92 Å². The van der Waals surface area contributed by atoms with Gasteiger partial charge in [0.25, 0.3) is 0 Å². The lowest BCUT2D eigenvalue weighted by Gasteiger charge is -2.17. The smallest absolute Gasteiger partial charge is 0.310 e. The third kappa shape index (κ3) is 2.67. The monoisotopic (exact) mass is 233 g/mol. The molecule has 0 radical (unpaired) electrons. The number of carbonyl (C=O) groups is 1. The van der Waals surface area contributed by atoms with E-state index < -0.39 is 0 Å². The highest BCUT2D eigenvalue weighted by Crippen LogP contribution is 2.32. The maximum atomic E-state index is 11.9. The zero-order valence-corrected chi connectivity index (χ0v) is 10.4. The van der Waals surface area contributed by atoms with E-state index >= 15 is 0 Å². The van der Waals surface area contributed by atoms with Crippen molar-refractivity contribution in [1.29, 1.82) is 0 Å². The Bertz CT molecular complexity index is 377. The second kappa shape index (κ2) is 5.32. The second-order valence-corrected chi connectivity index (χ2v) is 4.60. The number of likely N-dealkylation sites (N-methyl/N-ethyl adjacent to an activating group) is 1. The average molecular weight is 233 g/mol. The lowest BCUT2D eigenvalue weighted by atomic mass is 9.89. The molecule has 0 saturated carbocycles. The minimum atomic E-state index is -0.0642. The van der Waals surface area contributed by atoms with Crippen LogP contribution in [0, 0.1) is 5.92 Å². The molecule has 1 heterocycles. The van der Waals surface area contributed by atoms with Gasteiger partial charge in [0.1, 0.15) is 0 Å². The largest absolute Gasteiger partial charge is 0.466 e. The molecule has 0 aromatic heterocycles. The molecule has 1 fully saturated rings. The van der Waals surface area contributed by atoms with E-state index in [-0.39, 0.29) is 17.8 Å². The molecule has 1 aliphatic heterocycles. The predicted octanol–water partition coefficient (Wildman–Crippen LogP) is 1.89. The molecular weight excluding hydrogens is 214 g/mol. The van der Waals surface area contributed by atoms with Crippen LogP contribution in [0.25, 0.3) is 0 Å². The van der Waals surface area contributed by atoms with Crippen LogP contribution in [0.4, 0.5) is 0 Å². The van der Waals surface area contributed by atoms with E-state index in [1.54, 1.807) is 0 Å². The second-order valence-electron chi connectivity index (χ2n) is 4.60. The van der Waals surface area contributed by atoms with Gasteiger partial charge in [-0.25, -0.2) is 0 Å². The molecule has 2 rings (SSSR count). The van der Waals surface area contributed by atoms with Gasteiger partial charge in [0, 0.05) is 19.0 Å². The molecule has 2 atom stereocenters. The number of esters is 1. The summed E-state index contributed by atoms with van der Waals surface area (Å²) in [5.41, 5.74) is 1.23. The Hall–Kier alpha value is -1.35. The number of likely N-dealkylation sites (tertiary alicyclic amines) is 1. The molecule has 0 spiro atoms. The first-order valence-corrected chi connectivity index (χ1v) is 6.12. The summed E-state index contributed by atoms with van der Waals surface area (Å²) in [6.45, 7) is 4.03. The van der Waals surface area contributed by atoms with Gasteiger partial charge >= 0.3 is 5.97 Å². The van der Waals surface area contributed by atoms with Crippen LogP contribution in [0.3, 0.4) is 0 Å². The van der Waals surface area contributed by atoms with E-state index in [1.165, 1.54) is 5.56 Å². The predicted molar refractivity (Wildman–Crippen MR) is 66.8 cm³/mol. The fourth-order valence-electron chi connectivity index (χ4n) is 2.53. The number of ether oxygens (including phenoxy) is 1. The van der Waals surface area contributed by atoms with Crippen LogP contribution >= 0.6 is 0 Å². The Morgan fingerprint density at radius 2 is 2.06 bits per heavy atom. The Labute approximate surface area is 102 Å². The third-order valence-electron chi connectivity index (χ3n) is 3.32. The topological polar surface area (TPSA) is 29.5 Å². The van der Waals surface area contributed by atoms with Gasteiger partial charge in [0.15, 0.2) is 0 Å². The molecule has 17 heavy (non-hydrogen) atoms. The van der Waals surface area contributed by atoms with Gasteiger partial charge < -0.3 is 9.64 Å². The van der Waals surface area contributed by atoms with Crippen LogP contribution in [-0.4, -0.2) is 37.6 Å². The molecule has 2 unspecified atom stereocenters. The van der Waals surface area contributed by atoms with Crippen LogP contribution < -0.4 is 0 Å². The van der Waals surface area contributed by atoms with Crippen molar-refractivity contribution in [3.8, 4) is 0 Å². The normalized spacial score (nSPS) is 24.8. The van der Waals surface area contributed by atoms with E-state index in [1.807, 2.05) is 25.1 Å². The molecule has 3 nitrogen and oxygen atoms in total. The number of nitrogens with zero attached hydrogens (tertiary/aromatic N) is 1. The Morgan fingerprint density at radius 3 is 2.71 bits per heavy atom. The van der Waals surface area contributed by atoms with Gasteiger partial charge in [-0.15, -0.1) is 0 Å². The molecule has 0 aliphatic carbocycles. The summed E-state index contributed by atoms with van der Waals surface area (Å²) in [7, 11) is 2.05. The quantitative estimate of drug-likeness (QED) is 0.747. The maximum Gasteiger partial charge on any atom is 0.310 e. The molecule has 3 heteroatoms. The van der Waals surface area contributed by atoms with E-state index in [0.29, 0.717) is 6.61 Å². The molecule has 1 aliphatic rings. The molecule has 1 aromatic carbocycles. The molecule has 1 saturated heterocycles. The molecule has 0 amide bonds. The number of hydrogen-bond donors (Lipinski definition) is 0. The van der Waals surface area contributed by atoms with Crippen molar-refractivity contribution >= 4 is 5.97 Å². The first-order chi connectivity index (χ1) is 8.22. The van der Waals surface area contributed by atoms with Crippen LogP contribution in [-0.2, 0) is 9.53 Å². The first-order valence-electron chi connectivity index (χ1n) is 6.12. The van der Waals surface area contributed by atoms with Crippen LogP contribution in [0.15, 0.2) is 30.3 Å². The average Bonchev–Trinajstić information content (AvgIpc) is 2.73. The molecule has 0 bridgehead atoms.